The van der Waals surface area contributed by atoms with Crippen molar-refractivity contribution < 1.29 is 0 Å². The monoisotopic (exact) mass is 199 g/mol. The second-order valence-electron chi connectivity index (χ2n) is 3.81. The number of nitrogens with zero attached hydrogens (tertiary/aromatic N) is 1. The van der Waals surface area contributed by atoms with Crippen LogP contribution >= 0.6 is 0 Å². The Balaban J connectivity index is 2.02. The molecule has 1 aliphatic rings. The zero-order valence-corrected chi connectivity index (χ0v) is 9.13. The smallest absolute Gasteiger partial charge is 0.0471 e. The van der Waals surface area contributed by atoms with Crippen molar-refractivity contribution in [2.24, 2.45) is 0 Å². The van der Waals surface area contributed by atoms with Crippen LogP contribution in [-0.4, -0.2) is 17.5 Å². The van der Waals surface area contributed by atoms with Crippen LogP contribution in [0.4, 0.5) is 0 Å². The van der Waals surface area contributed by atoms with Gasteiger partial charge in [-0.2, -0.15) is 0 Å². The fourth-order valence-corrected chi connectivity index (χ4v) is 1.91. The van der Waals surface area contributed by atoms with E-state index in [-0.39, 0.29) is 0 Å². The van der Waals surface area contributed by atoms with Gasteiger partial charge in [0, 0.05) is 12.6 Å². The van der Waals surface area contributed by atoms with Gasteiger partial charge in [0.05, 0.1) is 0 Å². The van der Waals surface area contributed by atoms with Gasteiger partial charge in [0.25, 0.3) is 0 Å². The van der Waals surface area contributed by atoms with Crippen LogP contribution in [0.1, 0.15) is 12.5 Å². The molecule has 0 atom stereocenters. The van der Waals surface area contributed by atoms with Gasteiger partial charge in [0.15, 0.2) is 0 Å². The van der Waals surface area contributed by atoms with E-state index in [1.54, 1.807) is 0 Å². The van der Waals surface area contributed by atoms with E-state index in [1.807, 2.05) is 0 Å². The van der Waals surface area contributed by atoms with Gasteiger partial charge in [0.1, 0.15) is 0 Å². The molecule has 1 aliphatic carbocycles. The maximum atomic E-state index is 2.45. The number of hydrogen-bond acceptors (Lipinski definition) is 1. The molecule has 1 nitrogen and oxygen atoms in total. The number of allylic oxidation sites excluding steroid dienone is 2. The predicted octanol–water partition coefficient (Wildman–Crippen LogP) is 3.00. The Morgan fingerprint density at radius 1 is 1.07 bits per heavy atom. The normalized spacial score (nSPS) is 15.3. The van der Waals surface area contributed by atoms with Gasteiger partial charge >= 0.3 is 0 Å². The summed E-state index contributed by atoms with van der Waals surface area (Å²) in [6.07, 6.45) is 8.73. The fourth-order valence-electron chi connectivity index (χ4n) is 1.91. The van der Waals surface area contributed by atoms with Crippen molar-refractivity contribution in [3.63, 3.8) is 0 Å². The van der Waals surface area contributed by atoms with Crippen molar-refractivity contribution >= 4 is 0 Å². The summed E-state index contributed by atoms with van der Waals surface area (Å²) < 4.78 is 0. The topological polar surface area (TPSA) is 3.24 Å². The summed E-state index contributed by atoms with van der Waals surface area (Å²) >= 11 is 0. The molecule has 0 fully saturated rings. The van der Waals surface area contributed by atoms with Crippen LogP contribution in [0.5, 0.6) is 0 Å². The van der Waals surface area contributed by atoms with Crippen LogP contribution in [0.2, 0.25) is 0 Å². The van der Waals surface area contributed by atoms with E-state index in [4.69, 9.17) is 0 Å². The molecule has 15 heavy (non-hydrogen) atoms. The van der Waals surface area contributed by atoms with Crippen LogP contribution in [0.3, 0.4) is 0 Å². The van der Waals surface area contributed by atoms with Gasteiger partial charge in [-0.1, -0.05) is 61.6 Å². The molecule has 78 valence electrons. The predicted molar refractivity (Wildman–Crippen MR) is 64.6 cm³/mol. The number of likely N-dealkylation sites (N-methyl/N-ethyl adjacent to an activating group) is 1. The lowest BCUT2D eigenvalue weighted by molar-refractivity contribution is 0.266. The van der Waals surface area contributed by atoms with Crippen molar-refractivity contribution in [2.75, 3.05) is 6.54 Å². The Bertz CT molecular complexity index is 339. The van der Waals surface area contributed by atoms with E-state index in [0.717, 1.165) is 13.1 Å². The van der Waals surface area contributed by atoms with Crippen molar-refractivity contribution in [1.29, 1.82) is 0 Å². The molecule has 0 aliphatic heterocycles. The molecule has 1 aromatic carbocycles. The first-order valence-electron chi connectivity index (χ1n) is 5.53. The Kier molecular flexibility index (Phi) is 3.36. The molecule has 0 unspecified atom stereocenters. The Morgan fingerprint density at radius 2 is 1.73 bits per heavy atom. The molecule has 1 heteroatoms. The SMILES string of the molecule is CCN(Cc1ccccc1)C1C=CC=C1. The summed E-state index contributed by atoms with van der Waals surface area (Å²) in [6.45, 7) is 4.31. The lowest BCUT2D eigenvalue weighted by Gasteiger charge is -2.25. The second-order valence-corrected chi connectivity index (χ2v) is 3.81. The summed E-state index contributed by atoms with van der Waals surface area (Å²) in [5.41, 5.74) is 1.38. The van der Waals surface area contributed by atoms with Crippen LogP contribution in [0, 0.1) is 0 Å². The van der Waals surface area contributed by atoms with Crippen LogP contribution < -0.4 is 0 Å². The largest absolute Gasteiger partial charge is 0.289 e. The summed E-state index contributed by atoms with van der Waals surface area (Å²) in [5, 5.41) is 0. The highest BCUT2D eigenvalue weighted by Crippen LogP contribution is 2.13. The van der Waals surface area contributed by atoms with Crippen molar-refractivity contribution in [3.8, 4) is 0 Å². The van der Waals surface area contributed by atoms with E-state index < -0.39 is 0 Å². The lowest BCUT2D eigenvalue weighted by Crippen LogP contribution is -2.30. The van der Waals surface area contributed by atoms with Crippen molar-refractivity contribution in [2.45, 2.75) is 19.5 Å². The first-order valence-corrected chi connectivity index (χ1v) is 5.53. The van der Waals surface area contributed by atoms with Gasteiger partial charge in [-0.3, -0.25) is 4.90 Å². The third kappa shape index (κ3) is 2.57. The minimum Gasteiger partial charge on any atom is -0.289 e. The second kappa shape index (κ2) is 4.94. The highest BCUT2D eigenvalue weighted by atomic mass is 15.1. The summed E-state index contributed by atoms with van der Waals surface area (Å²) in [5.74, 6) is 0. The van der Waals surface area contributed by atoms with Crippen LogP contribution in [0.25, 0.3) is 0 Å². The molecular weight excluding hydrogens is 182 g/mol. The van der Waals surface area contributed by atoms with Gasteiger partial charge in [-0.15, -0.1) is 0 Å². The van der Waals surface area contributed by atoms with Gasteiger partial charge in [-0.25, -0.2) is 0 Å². The maximum absolute atomic E-state index is 2.45. The average molecular weight is 199 g/mol. The Morgan fingerprint density at radius 3 is 2.33 bits per heavy atom. The van der Waals surface area contributed by atoms with E-state index in [2.05, 4.69) is 66.5 Å². The first kappa shape index (κ1) is 10.2. The van der Waals surface area contributed by atoms with E-state index in [0.29, 0.717) is 6.04 Å². The Labute approximate surface area is 91.7 Å². The molecule has 0 saturated heterocycles. The number of benzene rings is 1. The summed E-state index contributed by atoms with van der Waals surface area (Å²) in [6, 6.07) is 11.1. The molecule has 0 heterocycles. The van der Waals surface area contributed by atoms with Crippen LogP contribution in [-0.2, 0) is 6.54 Å². The van der Waals surface area contributed by atoms with Gasteiger partial charge in [-0.05, 0) is 12.1 Å². The summed E-state index contributed by atoms with van der Waals surface area (Å²) in [4.78, 5) is 2.45. The molecule has 0 N–H and O–H groups in total. The quantitative estimate of drug-likeness (QED) is 0.720. The summed E-state index contributed by atoms with van der Waals surface area (Å²) in [7, 11) is 0. The van der Waals surface area contributed by atoms with Crippen molar-refractivity contribution in [1.82, 2.24) is 4.90 Å². The number of hydrogen-bond donors (Lipinski definition) is 0. The third-order valence-corrected chi connectivity index (χ3v) is 2.78. The van der Waals surface area contributed by atoms with Gasteiger partial charge < -0.3 is 0 Å². The molecule has 0 aromatic heterocycles. The average Bonchev–Trinajstić information content (AvgIpc) is 2.81. The Hall–Kier alpha value is -1.34. The standard InChI is InChI=1S/C14H17N/c1-2-15(14-10-6-7-11-14)12-13-8-4-3-5-9-13/h3-11,14H,2,12H2,1H3. The molecule has 2 rings (SSSR count). The molecule has 0 radical (unpaired) electrons. The maximum Gasteiger partial charge on any atom is 0.0471 e. The molecule has 0 bridgehead atoms. The van der Waals surface area contributed by atoms with Gasteiger partial charge in [0.2, 0.25) is 0 Å². The van der Waals surface area contributed by atoms with Crippen molar-refractivity contribution in [3.05, 3.63) is 60.2 Å². The zero-order chi connectivity index (χ0) is 10.5. The minimum atomic E-state index is 0.482. The molecule has 0 amide bonds. The minimum absolute atomic E-state index is 0.482. The zero-order valence-electron chi connectivity index (χ0n) is 9.13. The van der Waals surface area contributed by atoms with Crippen LogP contribution in [0.15, 0.2) is 54.6 Å². The fraction of sp³-hybridized carbons (Fsp3) is 0.286. The highest BCUT2D eigenvalue weighted by molar-refractivity contribution is 5.23. The lowest BCUT2D eigenvalue weighted by atomic mass is 10.2. The molecule has 1 aromatic rings. The molecule has 0 spiro atoms. The first-order chi connectivity index (χ1) is 7.40. The van der Waals surface area contributed by atoms with E-state index in [1.165, 1.54) is 5.56 Å². The highest BCUT2D eigenvalue weighted by Gasteiger charge is 2.12. The number of rotatable bonds is 4. The molecular formula is C14H17N. The van der Waals surface area contributed by atoms with E-state index >= 15 is 0 Å². The van der Waals surface area contributed by atoms with E-state index in [9.17, 15) is 0 Å². The molecule has 0 saturated carbocycles. The third-order valence-electron chi connectivity index (χ3n) is 2.78.